The third kappa shape index (κ3) is 4.48. The standard InChI is InChI=1S/C24H26N2O5S/c1-15-23(27)19-12-21-20(30-14-31-21)10-17(19)11-22(32-15)24(28)25-18-4-2-16(3-5-18)13-26-6-8-29-9-7-26/h2-5,10,12,15,22H,6-9,11,13-14H2,1H3,(H,25,28). The van der Waals surface area contributed by atoms with E-state index in [0.29, 0.717) is 23.5 Å². The van der Waals surface area contributed by atoms with Crippen molar-refractivity contribution < 1.29 is 23.8 Å². The zero-order chi connectivity index (χ0) is 22.1. The largest absolute Gasteiger partial charge is 0.454 e. The van der Waals surface area contributed by atoms with Crippen molar-refractivity contribution in [3.8, 4) is 11.5 Å². The van der Waals surface area contributed by atoms with E-state index in [-0.39, 0.29) is 29.0 Å². The molecule has 7 nitrogen and oxygen atoms in total. The minimum absolute atomic E-state index is 0.0195. The highest BCUT2D eigenvalue weighted by Gasteiger charge is 2.33. The van der Waals surface area contributed by atoms with Crippen LogP contribution in [0.2, 0.25) is 0 Å². The number of morpholine rings is 1. The summed E-state index contributed by atoms with van der Waals surface area (Å²) in [7, 11) is 0. The number of ketones is 1. The summed E-state index contributed by atoms with van der Waals surface area (Å²) >= 11 is 1.40. The quantitative estimate of drug-likeness (QED) is 0.761. The Balaban J connectivity index is 1.27. The Morgan fingerprint density at radius 1 is 1.12 bits per heavy atom. The molecule has 2 atom stereocenters. The molecular formula is C24H26N2O5S. The fraction of sp³-hybridized carbons (Fsp3) is 0.417. The molecule has 1 amide bonds. The first-order valence-corrected chi connectivity index (χ1v) is 11.8. The Bertz CT molecular complexity index is 1020. The van der Waals surface area contributed by atoms with Gasteiger partial charge in [-0.05, 0) is 48.7 Å². The average Bonchev–Trinajstić information content (AvgIpc) is 3.22. The number of thioether (sulfide) groups is 1. The molecule has 0 aromatic heterocycles. The Kier molecular flexibility index (Phi) is 6.08. The van der Waals surface area contributed by atoms with E-state index in [1.165, 1.54) is 17.3 Å². The van der Waals surface area contributed by atoms with Gasteiger partial charge in [0.2, 0.25) is 12.7 Å². The lowest BCUT2D eigenvalue weighted by Gasteiger charge is -2.26. The summed E-state index contributed by atoms with van der Waals surface area (Å²) in [6.45, 7) is 6.32. The normalized spacial score (nSPS) is 22.8. The maximum Gasteiger partial charge on any atom is 0.237 e. The van der Waals surface area contributed by atoms with Crippen LogP contribution in [0.25, 0.3) is 0 Å². The lowest BCUT2D eigenvalue weighted by molar-refractivity contribution is -0.115. The number of Topliss-reactive ketones (excluding diaryl/α,β-unsaturated/α-hetero) is 1. The molecule has 0 aliphatic carbocycles. The van der Waals surface area contributed by atoms with Crippen LogP contribution >= 0.6 is 11.8 Å². The van der Waals surface area contributed by atoms with E-state index in [9.17, 15) is 9.59 Å². The van der Waals surface area contributed by atoms with Crippen molar-refractivity contribution >= 4 is 29.1 Å². The number of carbonyl (C=O) groups excluding carboxylic acids is 2. The first-order valence-electron chi connectivity index (χ1n) is 10.9. The predicted molar refractivity (Wildman–Crippen MR) is 123 cm³/mol. The van der Waals surface area contributed by atoms with Crippen LogP contribution in [-0.4, -0.2) is 60.2 Å². The molecule has 1 saturated heterocycles. The van der Waals surface area contributed by atoms with E-state index in [0.717, 1.165) is 44.1 Å². The number of nitrogens with one attached hydrogen (secondary N) is 1. The van der Waals surface area contributed by atoms with Gasteiger partial charge < -0.3 is 19.5 Å². The van der Waals surface area contributed by atoms with Crippen LogP contribution in [-0.2, 0) is 22.5 Å². The number of hydrogen-bond acceptors (Lipinski definition) is 7. The molecule has 3 aliphatic rings. The highest BCUT2D eigenvalue weighted by molar-refractivity contribution is 8.01. The number of hydrogen-bond donors (Lipinski definition) is 1. The third-order valence-corrected chi connectivity index (χ3v) is 7.36. The summed E-state index contributed by atoms with van der Waals surface area (Å²) < 4.78 is 16.3. The topological polar surface area (TPSA) is 77.1 Å². The fourth-order valence-corrected chi connectivity index (χ4v) is 5.45. The third-order valence-electron chi connectivity index (χ3n) is 6.03. The summed E-state index contributed by atoms with van der Waals surface area (Å²) in [5.74, 6) is 1.15. The molecule has 5 rings (SSSR count). The minimum Gasteiger partial charge on any atom is -0.454 e. The molecule has 0 bridgehead atoms. The number of benzene rings is 2. The second kappa shape index (κ2) is 9.13. The van der Waals surface area contributed by atoms with Crippen molar-refractivity contribution in [2.24, 2.45) is 0 Å². The molecule has 8 heteroatoms. The van der Waals surface area contributed by atoms with Crippen LogP contribution < -0.4 is 14.8 Å². The Morgan fingerprint density at radius 2 is 1.84 bits per heavy atom. The molecule has 3 aliphatic heterocycles. The first-order chi connectivity index (χ1) is 15.6. The number of amides is 1. The first kappa shape index (κ1) is 21.3. The number of rotatable bonds is 4. The molecule has 2 aromatic carbocycles. The van der Waals surface area contributed by atoms with Crippen LogP contribution in [0.15, 0.2) is 36.4 Å². The van der Waals surface area contributed by atoms with Crippen LogP contribution in [0.4, 0.5) is 5.69 Å². The van der Waals surface area contributed by atoms with Crippen molar-refractivity contribution in [2.75, 3.05) is 38.4 Å². The van der Waals surface area contributed by atoms with Gasteiger partial charge in [0.15, 0.2) is 17.3 Å². The SMILES string of the molecule is CC1SC(C(=O)Nc2ccc(CN3CCOCC3)cc2)Cc2cc3c(cc2C1=O)OCO3. The fourth-order valence-electron chi connectivity index (χ4n) is 4.25. The molecule has 3 heterocycles. The minimum atomic E-state index is -0.372. The van der Waals surface area contributed by atoms with Crippen molar-refractivity contribution in [3.05, 3.63) is 53.1 Å². The maximum atomic E-state index is 13.1. The number of carbonyl (C=O) groups is 2. The molecular weight excluding hydrogens is 428 g/mol. The van der Waals surface area contributed by atoms with E-state index < -0.39 is 0 Å². The van der Waals surface area contributed by atoms with Gasteiger partial charge in [-0.25, -0.2) is 0 Å². The molecule has 168 valence electrons. The molecule has 1 N–H and O–H groups in total. The summed E-state index contributed by atoms with van der Waals surface area (Å²) in [5.41, 5.74) is 3.42. The molecule has 0 spiro atoms. The maximum absolute atomic E-state index is 13.1. The van der Waals surface area contributed by atoms with Gasteiger partial charge in [-0.15, -0.1) is 11.8 Å². The predicted octanol–water partition coefficient (Wildman–Crippen LogP) is 3.12. The molecule has 2 unspecified atom stereocenters. The zero-order valence-corrected chi connectivity index (χ0v) is 18.8. The summed E-state index contributed by atoms with van der Waals surface area (Å²) in [4.78, 5) is 28.4. The van der Waals surface area contributed by atoms with Gasteiger partial charge in [0.05, 0.1) is 23.7 Å². The van der Waals surface area contributed by atoms with Crippen LogP contribution in [0.1, 0.15) is 28.4 Å². The molecule has 0 saturated carbocycles. The smallest absolute Gasteiger partial charge is 0.237 e. The highest BCUT2D eigenvalue weighted by atomic mass is 32.2. The van der Waals surface area contributed by atoms with Gasteiger partial charge in [0.1, 0.15) is 0 Å². The van der Waals surface area contributed by atoms with E-state index in [1.54, 1.807) is 6.07 Å². The molecule has 1 fully saturated rings. The van der Waals surface area contributed by atoms with E-state index >= 15 is 0 Å². The lowest BCUT2D eigenvalue weighted by atomic mass is 9.97. The Labute approximate surface area is 191 Å². The summed E-state index contributed by atoms with van der Waals surface area (Å²) in [5, 5.41) is 2.34. The van der Waals surface area contributed by atoms with Crippen molar-refractivity contribution in [3.63, 3.8) is 0 Å². The number of nitrogens with zero attached hydrogens (tertiary/aromatic N) is 1. The summed E-state index contributed by atoms with van der Waals surface area (Å²) in [6, 6.07) is 11.6. The number of fused-ring (bicyclic) bond motifs is 2. The Morgan fingerprint density at radius 3 is 2.59 bits per heavy atom. The van der Waals surface area contributed by atoms with Gasteiger partial charge in [0.25, 0.3) is 0 Å². The van der Waals surface area contributed by atoms with Crippen LogP contribution in [0.5, 0.6) is 11.5 Å². The van der Waals surface area contributed by atoms with Crippen LogP contribution in [0.3, 0.4) is 0 Å². The molecule has 2 aromatic rings. The van der Waals surface area contributed by atoms with Crippen molar-refractivity contribution in [2.45, 2.75) is 30.4 Å². The lowest BCUT2D eigenvalue weighted by Crippen LogP contribution is -2.35. The highest BCUT2D eigenvalue weighted by Crippen LogP contribution is 2.39. The van der Waals surface area contributed by atoms with Gasteiger partial charge in [0, 0.05) is 30.9 Å². The zero-order valence-electron chi connectivity index (χ0n) is 18.0. The Hall–Kier alpha value is -2.55. The number of ether oxygens (including phenoxy) is 3. The van der Waals surface area contributed by atoms with E-state index in [4.69, 9.17) is 14.2 Å². The van der Waals surface area contributed by atoms with Gasteiger partial charge in [-0.3, -0.25) is 14.5 Å². The van der Waals surface area contributed by atoms with Gasteiger partial charge in [-0.1, -0.05) is 12.1 Å². The average molecular weight is 455 g/mol. The number of anilines is 1. The van der Waals surface area contributed by atoms with Crippen molar-refractivity contribution in [1.82, 2.24) is 4.90 Å². The second-order valence-electron chi connectivity index (χ2n) is 8.27. The van der Waals surface area contributed by atoms with E-state index in [1.807, 2.05) is 37.3 Å². The van der Waals surface area contributed by atoms with E-state index in [2.05, 4.69) is 10.2 Å². The summed E-state index contributed by atoms with van der Waals surface area (Å²) in [6.07, 6.45) is 0.466. The van der Waals surface area contributed by atoms with Gasteiger partial charge >= 0.3 is 0 Å². The van der Waals surface area contributed by atoms with Crippen LogP contribution in [0, 0.1) is 0 Å². The monoisotopic (exact) mass is 454 g/mol. The van der Waals surface area contributed by atoms with Gasteiger partial charge in [-0.2, -0.15) is 0 Å². The molecule has 0 radical (unpaired) electrons. The molecule has 32 heavy (non-hydrogen) atoms. The second-order valence-corrected chi connectivity index (χ2v) is 9.82. The van der Waals surface area contributed by atoms with Crippen molar-refractivity contribution in [1.29, 1.82) is 0 Å².